The van der Waals surface area contributed by atoms with E-state index < -0.39 is 0 Å². The van der Waals surface area contributed by atoms with E-state index in [1.54, 1.807) is 0 Å². The Hall–Kier alpha value is -2.93. The van der Waals surface area contributed by atoms with Crippen molar-refractivity contribution >= 4 is 23.6 Å². The molecule has 2 N–H and O–H groups in total. The van der Waals surface area contributed by atoms with E-state index in [2.05, 4.69) is 34.6 Å². The first-order chi connectivity index (χ1) is 13.8. The van der Waals surface area contributed by atoms with E-state index in [0.29, 0.717) is 28.5 Å². The van der Waals surface area contributed by atoms with Gasteiger partial charge in [-0.3, -0.25) is 9.89 Å². The molecule has 7 heteroatoms. The monoisotopic (exact) mass is 395 g/mol. The molecular formula is C22H29N5O2. The standard InChI is InChI=1S/C22H29N5O2/c1-7-26(10-11-28)17-8-9-18(14(4)12-17)24-20-16(6)25-27-21(20)23-15(5)19(13(2)3)22(27)29/h8-9,12-13,25,28H,6-7,10-11H2,1-5H3. The molecule has 2 aromatic heterocycles. The Bertz CT molecular complexity index is 1210. The lowest BCUT2D eigenvalue weighted by molar-refractivity contribution is 0.302. The van der Waals surface area contributed by atoms with Gasteiger partial charge in [0, 0.05) is 30.0 Å². The number of hydrogen-bond acceptors (Lipinski definition) is 5. The van der Waals surface area contributed by atoms with Crippen LogP contribution in [-0.2, 0) is 0 Å². The molecule has 0 saturated heterocycles. The molecule has 0 fully saturated rings. The van der Waals surface area contributed by atoms with Crippen LogP contribution in [0.4, 0.5) is 11.4 Å². The van der Waals surface area contributed by atoms with E-state index in [1.807, 2.05) is 39.8 Å². The minimum atomic E-state index is -0.108. The summed E-state index contributed by atoms with van der Waals surface area (Å²) in [5, 5.41) is 13.4. The number of benzene rings is 1. The molecule has 3 rings (SSSR count). The fraction of sp³-hybridized carbons (Fsp3) is 0.409. The summed E-state index contributed by atoms with van der Waals surface area (Å²) in [7, 11) is 0. The molecule has 0 radical (unpaired) electrons. The average molecular weight is 396 g/mol. The van der Waals surface area contributed by atoms with Crippen molar-refractivity contribution in [2.75, 3.05) is 24.6 Å². The number of anilines is 1. The van der Waals surface area contributed by atoms with Crippen molar-refractivity contribution in [2.24, 2.45) is 4.99 Å². The number of aliphatic hydroxyl groups excluding tert-OH is 1. The van der Waals surface area contributed by atoms with Crippen molar-refractivity contribution in [1.29, 1.82) is 0 Å². The van der Waals surface area contributed by atoms with Gasteiger partial charge in [-0.05, 0) is 50.5 Å². The second-order valence-electron chi connectivity index (χ2n) is 7.55. The molecule has 154 valence electrons. The van der Waals surface area contributed by atoms with Gasteiger partial charge in [-0.1, -0.05) is 20.4 Å². The molecule has 0 aliphatic heterocycles. The average Bonchev–Trinajstić information content (AvgIpc) is 2.97. The number of nitrogens with zero attached hydrogens (tertiary/aromatic N) is 4. The van der Waals surface area contributed by atoms with Crippen LogP contribution in [0.15, 0.2) is 28.0 Å². The summed E-state index contributed by atoms with van der Waals surface area (Å²) >= 11 is 0. The van der Waals surface area contributed by atoms with Gasteiger partial charge in [-0.15, -0.1) is 0 Å². The molecule has 1 aromatic carbocycles. The number of hydrogen-bond donors (Lipinski definition) is 2. The predicted molar refractivity (Wildman–Crippen MR) is 117 cm³/mol. The van der Waals surface area contributed by atoms with Crippen molar-refractivity contribution in [1.82, 2.24) is 14.6 Å². The molecule has 3 aromatic rings. The lowest BCUT2D eigenvalue weighted by Gasteiger charge is -2.22. The zero-order valence-electron chi connectivity index (χ0n) is 17.8. The van der Waals surface area contributed by atoms with Crippen molar-refractivity contribution in [2.45, 2.75) is 40.5 Å². The third-order valence-electron chi connectivity index (χ3n) is 5.16. The van der Waals surface area contributed by atoms with Crippen molar-refractivity contribution < 1.29 is 5.11 Å². The first-order valence-corrected chi connectivity index (χ1v) is 9.93. The number of aromatic amines is 1. The molecule has 0 aliphatic carbocycles. The van der Waals surface area contributed by atoms with Gasteiger partial charge in [0.05, 0.1) is 17.6 Å². The number of aryl methyl sites for hydroxylation is 2. The fourth-order valence-electron chi connectivity index (χ4n) is 3.68. The highest BCUT2D eigenvalue weighted by atomic mass is 16.3. The Labute approximate surface area is 170 Å². The van der Waals surface area contributed by atoms with Crippen molar-refractivity contribution in [3.63, 3.8) is 0 Å². The predicted octanol–water partition coefficient (Wildman–Crippen LogP) is 1.94. The van der Waals surface area contributed by atoms with Gasteiger partial charge in [0.2, 0.25) is 0 Å². The van der Waals surface area contributed by atoms with Crippen LogP contribution < -0.4 is 21.2 Å². The molecule has 29 heavy (non-hydrogen) atoms. The van der Waals surface area contributed by atoms with Gasteiger partial charge in [0.15, 0.2) is 5.65 Å². The summed E-state index contributed by atoms with van der Waals surface area (Å²) in [6.07, 6.45) is 0. The van der Waals surface area contributed by atoms with Crippen molar-refractivity contribution in [3.05, 3.63) is 56.1 Å². The molecule has 0 saturated carbocycles. The maximum absolute atomic E-state index is 12.9. The van der Waals surface area contributed by atoms with E-state index in [-0.39, 0.29) is 18.1 Å². The zero-order valence-corrected chi connectivity index (χ0v) is 17.8. The largest absolute Gasteiger partial charge is 0.395 e. The van der Waals surface area contributed by atoms with E-state index in [1.165, 1.54) is 4.52 Å². The highest BCUT2D eigenvalue weighted by Gasteiger charge is 2.15. The molecular weight excluding hydrogens is 366 g/mol. The molecule has 0 unspecified atom stereocenters. The van der Waals surface area contributed by atoms with Gasteiger partial charge in [-0.25, -0.2) is 9.98 Å². The third-order valence-corrected chi connectivity index (χ3v) is 5.16. The second-order valence-corrected chi connectivity index (χ2v) is 7.55. The molecule has 0 aliphatic rings. The number of H-pyrrole nitrogens is 1. The summed E-state index contributed by atoms with van der Waals surface area (Å²) in [6.45, 7) is 15.4. The molecule has 0 amide bonds. The normalized spacial score (nSPS) is 12.3. The maximum Gasteiger partial charge on any atom is 0.276 e. The number of likely N-dealkylation sites (N-methyl/N-ethyl adjacent to an activating group) is 1. The van der Waals surface area contributed by atoms with E-state index in [4.69, 9.17) is 4.99 Å². The Morgan fingerprint density at radius 3 is 2.66 bits per heavy atom. The Kier molecular flexibility index (Phi) is 5.88. The fourth-order valence-corrected chi connectivity index (χ4v) is 3.68. The van der Waals surface area contributed by atoms with Crippen LogP contribution in [0, 0.1) is 13.8 Å². The topological polar surface area (TPSA) is 86.0 Å². The second kappa shape index (κ2) is 8.21. The van der Waals surface area contributed by atoms with Gasteiger partial charge < -0.3 is 10.0 Å². The number of fused-ring (bicyclic) bond motifs is 1. The maximum atomic E-state index is 12.9. The molecule has 7 nitrogen and oxygen atoms in total. The van der Waals surface area contributed by atoms with Crippen LogP contribution >= 0.6 is 0 Å². The Balaban J connectivity index is 2.18. The van der Waals surface area contributed by atoms with Crippen LogP contribution in [0.1, 0.15) is 43.5 Å². The zero-order chi connectivity index (χ0) is 21.3. The highest BCUT2D eigenvalue weighted by Crippen LogP contribution is 2.24. The van der Waals surface area contributed by atoms with Crippen LogP contribution in [0.2, 0.25) is 0 Å². The quantitative estimate of drug-likeness (QED) is 0.668. The molecule has 0 spiro atoms. The lowest BCUT2D eigenvalue weighted by Crippen LogP contribution is -2.26. The van der Waals surface area contributed by atoms with Gasteiger partial charge in [0.25, 0.3) is 5.56 Å². The summed E-state index contributed by atoms with van der Waals surface area (Å²) in [5.74, 6) is 0.0825. The van der Waals surface area contributed by atoms with E-state index >= 15 is 0 Å². The summed E-state index contributed by atoms with van der Waals surface area (Å²) in [6, 6.07) is 5.99. The van der Waals surface area contributed by atoms with E-state index in [9.17, 15) is 9.90 Å². The Morgan fingerprint density at radius 1 is 1.34 bits per heavy atom. The number of nitrogens with one attached hydrogen (secondary N) is 1. The van der Waals surface area contributed by atoms with Gasteiger partial charge in [0.1, 0.15) is 5.36 Å². The van der Waals surface area contributed by atoms with Crippen LogP contribution in [-0.4, -0.2) is 39.4 Å². The molecule has 2 heterocycles. The van der Waals surface area contributed by atoms with Crippen LogP contribution in [0.5, 0.6) is 0 Å². The number of aliphatic hydroxyl groups is 1. The third kappa shape index (κ3) is 3.82. The lowest BCUT2D eigenvalue weighted by atomic mass is 10.0. The van der Waals surface area contributed by atoms with Gasteiger partial charge in [-0.2, -0.15) is 4.52 Å². The number of rotatable bonds is 6. The van der Waals surface area contributed by atoms with Crippen LogP contribution in [0.3, 0.4) is 0 Å². The SMILES string of the molecule is C=c1[nH]n2c(=O)c(C(C)C)c(C)nc2c1=Nc1ccc(N(CC)CCO)cc1C. The smallest absolute Gasteiger partial charge is 0.276 e. The molecule has 0 bridgehead atoms. The first kappa shape index (κ1) is 20.8. The summed E-state index contributed by atoms with van der Waals surface area (Å²) < 4.78 is 1.44. The first-order valence-electron chi connectivity index (χ1n) is 9.93. The highest BCUT2D eigenvalue weighted by molar-refractivity contribution is 5.58. The summed E-state index contributed by atoms with van der Waals surface area (Å²) in [5.41, 5.74) is 4.62. The van der Waals surface area contributed by atoms with E-state index in [0.717, 1.165) is 29.2 Å². The molecule has 0 atom stereocenters. The van der Waals surface area contributed by atoms with Crippen LogP contribution in [0.25, 0.3) is 12.2 Å². The van der Waals surface area contributed by atoms with Gasteiger partial charge >= 0.3 is 0 Å². The summed E-state index contributed by atoms with van der Waals surface area (Å²) in [4.78, 5) is 24.4. The number of aromatic nitrogens is 3. The minimum Gasteiger partial charge on any atom is -0.395 e. The Morgan fingerprint density at radius 2 is 2.07 bits per heavy atom. The minimum absolute atomic E-state index is 0.0825. The van der Waals surface area contributed by atoms with Crippen molar-refractivity contribution in [3.8, 4) is 0 Å².